The summed E-state index contributed by atoms with van der Waals surface area (Å²) in [5.74, 6) is -0.103. The Hall–Kier alpha value is -1.39. The number of fused-ring (bicyclic) bond motifs is 1. The summed E-state index contributed by atoms with van der Waals surface area (Å²) in [5, 5.41) is 6.42. The molecule has 0 bridgehead atoms. The zero-order valence-electron chi connectivity index (χ0n) is 11.3. The first kappa shape index (κ1) is 14.0. The molecule has 0 aliphatic rings. The van der Waals surface area contributed by atoms with Gasteiger partial charge in [0.25, 0.3) is 0 Å². The molecule has 0 spiro atoms. The molecule has 3 nitrogen and oxygen atoms in total. The molecule has 1 amide bonds. The van der Waals surface area contributed by atoms with Crippen LogP contribution in [0.3, 0.4) is 0 Å². The highest BCUT2D eigenvalue weighted by Gasteiger charge is 2.16. The lowest BCUT2D eigenvalue weighted by Gasteiger charge is -2.15. The Labute approximate surface area is 117 Å². The molecule has 3 N–H and O–H groups in total. The van der Waals surface area contributed by atoms with Gasteiger partial charge in [-0.05, 0) is 35.7 Å². The van der Waals surface area contributed by atoms with Crippen molar-refractivity contribution in [2.45, 2.75) is 26.3 Å². The third-order valence-electron chi connectivity index (χ3n) is 3.46. The third kappa shape index (κ3) is 3.33. The first-order valence-electron chi connectivity index (χ1n) is 6.58. The number of hydrogen-bond acceptors (Lipinski definition) is 3. The van der Waals surface area contributed by atoms with E-state index >= 15 is 0 Å². The summed E-state index contributed by atoms with van der Waals surface area (Å²) < 4.78 is 1.30. The van der Waals surface area contributed by atoms with E-state index in [0.29, 0.717) is 6.54 Å². The Morgan fingerprint density at radius 1 is 1.37 bits per heavy atom. The highest BCUT2D eigenvalue weighted by molar-refractivity contribution is 7.17. The van der Waals surface area contributed by atoms with Crippen molar-refractivity contribution in [3.8, 4) is 0 Å². The van der Waals surface area contributed by atoms with E-state index in [1.165, 1.54) is 15.6 Å². The average molecular weight is 276 g/mol. The molecular formula is C15H20N2OS. The second kappa shape index (κ2) is 6.17. The highest BCUT2D eigenvalue weighted by Crippen LogP contribution is 2.25. The van der Waals surface area contributed by atoms with Crippen LogP contribution in [0.2, 0.25) is 0 Å². The van der Waals surface area contributed by atoms with Crippen molar-refractivity contribution in [1.82, 2.24) is 5.32 Å². The van der Waals surface area contributed by atoms with Crippen molar-refractivity contribution >= 4 is 27.3 Å². The van der Waals surface area contributed by atoms with E-state index in [1.54, 1.807) is 11.3 Å². The van der Waals surface area contributed by atoms with Crippen molar-refractivity contribution < 1.29 is 4.79 Å². The fourth-order valence-electron chi connectivity index (χ4n) is 1.95. The van der Waals surface area contributed by atoms with Gasteiger partial charge in [-0.3, -0.25) is 4.79 Å². The van der Waals surface area contributed by atoms with Gasteiger partial charge in [0.2, 0.25) is 5.91 Å². The molecule has 0 aliphatic heterocycles. The van der Waals surface area contributed by atoms with Crippen molar-refractivity contribution in [1.29, 1.82) is 0 Å². The number of thiophene rings is 1. The number of benzene rings is 1. The van der Waals surface area contributed by atoms with E-state index in [0.717, 1.165) is 6.42 Å². The van der Waals surface area contributed by atoms with Gasteiger partial charge in [-0.1, -0.05) is 25.1 Å². The molecule has 0 aliphatic carbocycles. The van der Waals surface area contributed by atoms with Crippen LogP contribution in [0.25, 0.3) is 10.1 Å². The number of amides is 1. The smallest absolute Gasteiger partial charge is 0.224 e. The van der Waals surface area contributed by atoms with Crippen molar-refractivity contribution in [2.24, 2.45) is 11.7 Å². The topological polar surface area (TPSA) is 55.1 Å². The molecule has 102 valence electrons. The standard InChI is InChI=1S/C15H20N2OS/c1-10(11(2)16)15(18)17-8-7-12-9-19-14-6-4-3-5-13(12)14/h3-6,9-11H,7-8,16H2,1-2H3,(H,17,18). The number of nitrogens with one attached hydrogen (secondary N) is 1. The minimum Gasteiger partial charge on any atom is -0.355 e. The van der Waals surface area contributed by atoms with Crippen LogP contribution in [0.15, 0.2) is 29.6 Å². The fraction of sp³-hybridized carbons (Fsp3) is 0.400. The lowest BCUT2D eigenvalue weighted by atomic mass is 10.0. The monoisotopic (exact) mass is 276 g/mol. The quantitative estimate of drug-likeness (QED) is 0.881. The minimum atomic E-state index is -0.140. The van der Waals surface area contributed by atoms with Crippen LogP contribution < -0.4 is 11.1 Å². The van der Waals surface area contributed by atoms with Crippen molar-refractivity contribution in [3.05, 3.63) is 35.2 Å². The molecule has 2 aromatic rings. The number of nitrogens with two attached hydrogens (primary N) is 1. The van der Waals surface area contributed by atoms with E-state index in [2.05, 4.69) is 35.0 Å². The van der Waals surface area contributed by atoms with E-state index in [1.807, 2.05) is 13.8 Å². The lowest BCUT2D eigenvalue weighted by Crippen LogP contribution is -2.39. The van der Waals surface area contributed by atoms with Gasteiger partial charge >= 0.3 is 0 Å². The SMILES string of the molecule is CC(N)C(C)C(=O)NCCc1csc2ccccc12. The molecule has 0 fully saturated rings. The molecule has 2 unspecified atom stereocenters. The van der Waals surface area contributed by atoms with Gasteiger partial charge in [0.15, 0.2) is 0 Å². The zero-order valence-corrected chi connectivity index (χ0v) is 12.2. The minimum absolute atomic E-state index is 0.0366. The maximum atomic E-state index is 11.8. The maximum Gasteiger partial charge on any atom is 0.224 e. The molecule has 1 aromatic carbocycles. The molecule has 0 saturated carbocycles. The van der Waals surface area contributed by atoms with Crippen LogP contribution in [0.1, 0.15) is 19.4 Å². The maximum absolute atomic E-state index is 11.8. The van der Waals surface area contributed by atoms with Gasteiger partial charge in [0.05, 0.1) is 0 Å². The summed E-state index contributed by atoms with van der Waals surface area (Å²) in [4.78, 5) is 11.8. The van der Waals surface area contributed by atoms with Gasteiger partial charge in [-0.25, -0.2) is 0 Å². The highest BCUT2D eigenvalue weighted by atomic mass is 32.1. The molecule has 1 aromatic heterocycles. The van der Waals surface area contributed by atoms with Crippen molar-refractivity contribution in [3.63, 3.8) is 0 Å². The summed E-state index contributed by atoms with van der Waals surface area (Å²) in [7, 11) is 0. The average Bonchev–Trinajstić information content (AvgIpc) is 2.81. The van der Waals surface area contributed by atoms with E-state index in [4.69, 9.17) is 5.73 Å². The number of hydrogen-bond donors (Lipinski definition) is 2. The van der Waals surface area contributed by atoms with Crippen LogP contribution in [-0.4, -0.2) is 18.5 Å². The van der Waals surface area contributed by atoms with E-state index in [9.17, 15) is 4.79 Å². The summed E-state index contributed by atoms with van der Waals surface area (Å²) in [5.41, 5.74) is 7.02. The summed E-state index contributed by atoms with van der Waals surface area (Å²) >= 11 is 1.75. The second-order valence-electron chi connectivity index (χ2n) is 4.95. The molecule has 2 rings (SSSR count). The number of carbonyl (C=O) groups excluding carboxylic acids is 1. The number of rotatable bonds is 5. The first-order chi connectivity index (χ1) is 9.09. The van der Waals surface area contributed by atoms with Gasteiger partial charge < -0.3 is 11.1 Å². The van der Waals surface area contributed by atoms with Crippen molar-refractivity contribution in [2.75, 3.05) is 6.54 Å². The van der Waals surface area contributed by atoms with Crippen LogP contribution in [0, 0.1) is 5.92 Å². The van der Waals surface area contributed by atoms with Crippen LogP contribution >= 0.6 is 11.3 Å². The fourth-order valence-corrected chi connectivity index (χ4v) is 2.94. The van der Waals surface area contributed by atoms with E-state index in [-0.39, 0.29) is 17.9 Å². The van der Waals surface area contributed by atoms with Gasteiger partial charge in [0.1, 0.15) is 0 Å². The Bertz CT molecular complexity index is 562. The Balaban J connectivity index is 1.91. The molecule has 1 heterocycles. The predicted molar refractivity (Wildman–Crippen MR) is 81.4 cm³/mol. The molecule has 2 atom stereocenters. The molecule has 19 heavy (non-hydrogen) atoms. The normalized spacial score (nSPS) is 14.3. The number of carbonyl (C=O) groups is 1. The largest absolute Gasteiger partial charge is 0.355 e. The van der Waals surface area contributed by atoms with E-state index < -0.39 is 0 Å². The molecular weight excluding hydrogens is 256 g/mol. The summed E-state index contributed by atoms with van der Waals surface area (Å²) in [6.07, 6.45) is 0.863. The first-order valence-corrected chi connectivity index (χ1v) is 7.46. The summed E-state index contributed by atoms with van der Waals surface area (Å²) in [6, 6.07) is 8.25. The van der Waals surface area contributed by atoms with Gasteiger partial charge in [-0.2, -0.15) is 0 Å². The van der Waals surface area contributed by atoms with Gasteiger partial charge in [0, 0.05) is 23.2 Å². The van der Waals surface area contributed by atoms with Crippen LogP contribution in [0.4, 0.5) is 0 Å². The second-order valence-corrected chi connectivity index (χ2v) is 5.86. The molecule has 4 heteroatoms. The Morgan fingerprint density at radius 2 is 2.11 bits per heavy atom. The summed E-state index contributed by atoms with van der Waals surface area (Å²) in [6.45, 7) is 4.38. The third-order valence-corrected chi connectivity index (χ3v) is 4.47. The Kier molecular flexibility index (Phi) is 4.56. The van der Waals surface area contributed by atoms with Gasteiger partial charge in [-0.15, -0.1) is 11.3 Å². The Morgan fingerprint density at radius 3 is 2.84 bits per heavy atom. The lowest BCUT2D eigenvalue weighted by molar-refractivity contribution is -0.124. The van der Waals surface area contributed by atoms with Crippen LogP contribution in [0.5, 0.6) is 0 Å². The zero-order chi connectivity index (χ0) is 13.8. The predicted octanol–water partition coefficient (Wildman–Crippen LogP) is 2.54. The molecule has 0 radical (unpaired) electrons. The molecule has 0 saturated heterocycles. The van der Waals surface area contributed by atoms with Crippen LogP contribution in [-0.2, 0) is 11.2 Å².